The number of nitrogens with two attached hydrogens (primary N) is 2. The summed E-state index contributed by atoms with van der Waals surface area (Å²) in [6, 6.07) is -2.85. The van der Waals surface area contributed by atoms with Crippen LogP contribution in [0.1, 0.15) is 19.8 Å². The predicted molar refractivity (Wildman–Crippen MR) is 139 cm³/mol. The highest BCUT2D eigenvalue weighted by Gasteiger charge is 2.54. The summed E-state index contributed by atoms with van der Waals surface area (Å²) in [7, 11) is 0. The van der Waals surface area contributed by atoms with Crippen LogP contribution in [-0.4, -0.2) is 165 Å². The van der Waals surface area contributed by atoms with Gasteiger partial charge in [-0.05, 0) is 6.42 Å². The average molecular weight is 598 g/mol. The number of hydrogen-bond acceptors (Lipinski definition) is 15. The normalized spacial score (nSPS) is 43.5. The zero-order valence-corrected chi connectivity index (χ0v) is 23.1. The molecule has 1 saturated carbocycles. The van der Waals surface area contributed by atoms with Crippen LogP contribution in [0, 0.1) is 11.8 Å². The number of ether oxygens (including phenoxy) is 3. The predicted octanol–water partition coefficient (Wildman–Crippen LogP) is -5.66. The third kappa shape index (κ3) is 8.01. The molecule has 0 radical (unpaired) electrons. The Balaban J connectivity index is 1.87. The SMILES string of the molecule is C[C@@H]1[C@@H](O)[C@@H](C2[C@@H](N)C[C@@H](NC(=O)N(O)CCN)[C@H](O[C@H]3O[C@H](CO)[C@@H](O)C[C@H]3O)[C@H]2O)O[C@H](CNCCO)[C@H]1O. The molecule has 41 heavy (non-hydrogen) atoms. The highest BCUT2D eigenvalue weighted by atomic mass is 16.7. The number of nitrogens with one attached hydrogen (secondary N) is 2. The molecule has 0 aromatic heterocycles. The maximum absolute atomic E-state index is 12.6. The second kappa shape index (κ2) is 15.4. The first-order chi connectivity index (χ1) is 19.4. The van der Waals surface area contributed by atoms with Gasteiger partial charge in [0.05, 0.1) is 62.4 Å². The number of aliphatic hydroxyl groups excluding tert-OH is 7. The van der Waals surface area contributed by atoms with Crippen molar-refractivity contribution in [2.45, 2.75) is 93.1 Å². The summed E-state index contributed by atoms with van der Waals surface area (Å²) in [5.74, 6) is -1.67. The molecule has 2 saturated heterocycles. The Bertz CT molecular complexity index is 819. The van der Waals surface area contributed by atoms with Crippen molar-refractivity contribution >= 4 is 6.03 Å². The first-order valence-electron chi connectivity index (χ1n) is 14.0. The molecule has 0 aromatic carbocycles. The minimum atomic E-state index is -1.53. The van der Waals surface area contributed by atoms with Crippen molar-refractivity contribution in [3.63, 3.8) is 0 Å². The molecular weight excluding hydrogens is 550 g/mol. The van der Waals surface area contributed by atoms with Gasteiger partial charge in [-0.2, -0.15) is 0 Å². The minimum absolute atomic E-state index is 0.0268. The highest BCUT2D eigenvalue weighted by molar-refractivity contribution is 5.73. The molecule has 1 aliphatic carbocycles. The smallest absolute Gasteiger partial charge is 0.341 e. The van der Waals surface area contributed by atoms with Gasteiger partial charge in [0.25, 0.3) is 0 Å². The van der Waals surface area contributed by atoms with E-state index in [0.29, 0.717) is 5.06 Å². The summed E-state index contributed by atoms with van der Waals surface area (Å²) in [6.45, 7) is 1.10. The summed E-state index contributed by atoms with van der Waals surface area (Å²) in [6.07, 6.45) is -12.3. The Morgan fingerprint density at radius 2 is 1.73 bits per heavy atom. The number of carbonyl (C=O) groups excluding carboxylic acids is 1. The van der Waals surface area contributed by atoms with E-state index in [4.69, 9.17) is 30.8 Å². The van der Waals surface area contributed by atoms with E-state index in [1.54, 1.807) is 6.92 Å². The van der Waals surface area contributed by atoms with Gasteiger partial charge in [0.15, 0.2) is 6.29 Å². The highest BCUT2D eigenvalue weighted by Crippen LogP contribution is 2.38. The van der Waals surface area contributed by atoms with Gasteiger partial charge < -0.3 is 72.1 Å². The molecule has 3 aliphatic rings. The quantitative estimate of drug-likeness (QED) is 0.0600. The van der Waals surface area contributed by atoms with Crippen LogP contribution in [0.4, 0.5) is 4.79 Å². The van der Waals surface area contributed by atoms with E-state index in [-0.39, 0.29) is 45.6 Å². The zero-order chi connectivity index (χ0) is 30.4. The van der Waals surface area contributed by atoms with Gasteiger partial charge in [-0.3, -0.25) is 5.21 Å². The lowest BCUT2D eigenvalue weighted by molar-refractivity contribution is -0.305. The second-order valence-electron chi connectivity index (χ2n) is 11.0. The number of aliphatic hydroxyl groups is 7. The first-order valence-corrected chi connectivity index (χ1v) is 14.0. The number of nitrogens with zero attached hydrogens (tertiary/aromatic N) is 1. The number of amides is 2. The average Bonchev–Trinajstić information content (AvgIpc) is 2.92. The van der Waals surface area contributed by atoms with Crippen LogP contribution in [0.15, 0.2) is 0 Å². The van der Waals surface area contributed by atoms with Gasteiger partial charge in [-0.15, -0.1) is 0 Å². The molecule has 2 amide bonds. The van der Waals surface area contributed by atoms with E-state index in [2.05, 4.69) is 10.6 Å². The first kappa shape index (κ1) is 34.2. The molecule has 1 unspecified atom stereocenters. The topological polar surface area (TPSA) is 286 Å². The van der Waals surface area contributed by atoms with Gasteiger partial charge in [0, 0.05) is 43.9 Å². The lowest BCUT2D eigenvalue weighted by atomic mass is 9.71. The lowest BCUT2D eigenvalue weighted by Gasteiger charge is -2.52. The van der Waals surface area contributed by atoms with Gasteiger partial charge >= 0.3 is 6.03 Å². The Morgan fingerprint density at radius 3 is 2.37 bits per heavy atom. The Morgan fingerprint density at radius 1 is 1.02 bits per heavy atom. The summed E-state index contributed by atoms with van der Waals surface area (Å²) in [4.78, 5) is 12.6. The van der Waals surface area contributed by atoms with Gasteiger partial charge in [0.1, 0.15) is 18.3 Å². The van der Waals surface area contributed by atoms with Gasteiger partial charge in [-0.25, -0.2) is 9.86 Å². The standard InChI is InChI=1S/C24H47N5O12/c1-10-18(34)15(8-27-3-5-30)39-22(19(10)35)17-11(26)6-12(28-24(37)29(38)4-2-25)21(20(17)36)41-23-14(33)7-13(32)16(9-31)40-23/h10-23,27,30-36,38H,2-9,25-26H2,1H3,(H,28,37)/t10-,11-,12+,13-,14+,15+,16+,17?,18-,19+,20-,21-,22+,23+/m0/s1. The minimum Gasteiger partial charge on any atom is -0.395 e. The molecule has 0 bridgehead atoms. The van der Waals surface area contributed by atoms with Crippen molar-refractivity contribution in [1.82, 2.24) is 15.7 Å². The van der Waals surface area contributed by atoms with E-state index < -0.39 is 97.8 Å². The Kier molecular flexibility index (Phi) is 12.9. The molecule has 3 rings (SSSR count). The fourth-order valence-corrected chi connectivity index (χ4v) is 5.83. The molecular formula is C24H47N5O12. The summed E-state index contributed by atoms with van der Waals surface area (Å²) >= 11 is 0. The molecule has 3 fully saturated rings. The van der Waals surface area contributed by atoms with Crippen molar-refractivity contribution in [2.75, 3.05) is 39.4 Å². The van der Waals surface area contributed by atoms with Crippen molar-refractivity contribution in [1.29, 1.82) is 0 Å². The van der Waals surface area contributed by atoms with Crippen LogP contribution in [0.2, 0.25) is 0 Å². The maximum atomic E-state index is 12.6. The molecule has 0 aromatic rings. The largest absolute Gasteiger partial charge is 0.395 e. The molecule has 240 valence electrons. The molecule has 0 spiro atoms. The van der Waals surface area contributed by atoms with Crippen LogP contribution in [-0.2, 0) is 14.2 Å². The molecule has 14 N–H and O–H groups in total. The fraction of sp³-hybridized carbons (Fsp3) is 0.958. The maximum Gasteiger partial charge on any atom is 0.341 e. The van der Waals surface area contributed by atoms with Crippen molar-refractivity contribution < 1.29 is 60.0 Å². The van der Waals surface area contributed by atoms with E-state index in [9.17, 15) is 40.6 Å². The number of hydroxylamine groups is 2. The molecule has 2 heterocycles. The van der Waals surface area contributed by atoms with Crippen molar-refractivity contribution in [3.8, 4) is 0 Å². The van der Waals surface area contributed by atoms with Gasteiger partial charge in [0.2, 0.25) is 0 Å². The van der Waals surface area contributed by atoms with Crippen LogP contribution < -0.4 is 22.1 Å². The summed E-state index contributed by atoms with van der Waals surface area (Å²) in [5, 5.41) is 88.5. The molecule has 17 heteroatoms. The number of urea groups is 1. The van der Waals surface area contributed by atoms with E-state index in [0.717, 1.165) is 0 Å². The summed E-state index contributed by atoms with van der Waals surface area (Å²) < 4.78 is 17.6. The summed E-state index contributed by atoms with van der Waals surface area (Å²) in [5.41, 5.74) is 11.9. The molecule has 2 aliphatic heterocycles. The second-order valence-corrected chi connectivity index (χ2v) is 11.0. The third-order valence-corrected chi connectivity index (χ3v) is 8.18. The van der Waals surface area contributed by atoms with Crippen LogP contribution >= 0.6 is 0 Å². The molecule has 14 atom stereocenters. The van der Waals surface area contributed by atoms with Crippen LogP contribution in [0.3, 0.4) is 0 Å². The third-order valence-electron chi connectivity index (χ3n) is 8.18. The van der Waals surface area contributed by atoms with Gasteiger partial charge in [-0.1, -0.05) is 6.92 Å². The number of carbonyl (C=O) groups is 1. The van der Waals surface area contributed by atoms with Crippen LogP contribution in [0.5, 0.6) is 0 Å². The zero-order valence-electron chi connectivity index (χ0n) is 23.1. The number of hydrogen-bond donors (Lipinski definition) is 12. The van der Waals surface area contributed by atoms with Crippen LogP contribution in [0.25, 0.3) is 0 Å². The van der Waals surface area contributed by atoms with E-state index >= 15 is 0 Å². The number of rotatable bonds is 11. The Hall–Kier alpha value is -1.29. The fourth-order valence-electron chi connectivity index (χ4n) is 5.83. The van der Waals surface area contributed by atoms with E-state index in [1.807, 2.05) is 0 Å². The Labute approximate surface area is 237 Å². The monoisotopic (exact) mass is 597 g/mol. The van der Waals surface area contributed by atoms with Crippen molar-refractivity contribution in [3.05, 3.63) is 0 Å². The van der Waals surface area contributed by atoms with Crippen molar-refractivity contribution in [2.24, 2.45) is 23.3 Å². The molecule has 17 nitrogen and oxygen atoms in total. The lowest BCUT2D eigenvalue weighted by Crippen LogP contribution is -2.69. The van der Waals surface area contributed by atoms with E-state index in [1.165, 1.54) is 0 Å².